The zero-order valence-electron chi connectivity index (χ0n) is 14.0. The van der Waals surface area contributed by atoms with Crippen LogP contribution in [0.25, 0.3) is 17.1 Å². The van der Waals surface area contributed by atoms with Crippen molar-refractivity contribution in [3.8, 4) is 11.5 Å². The molecule has 4 rings (SSSR count). The van der Waals surface area contributed by atoms with Crippen LogP contribution in [0.4, 0.5) is 0 Å². The molecule has 8 nitrogen and oxygen atoms in total. The third-order valence-corrected chi connectivity index (χ3v) is 4.33. The maximum absolute atomic E-state index is 12.7. The summed E-state index contributed by atoms with van der Waals surface area (Å²) in [5.41, 5.74) is 1.66. The van der Waals surface area contributed by atoms with Gasteiger partial charge in [0.1, 0.15) is 11.2 Å². The van der Waals surface area contributed by atoms with Gasteiger partial charge in [0, 0.05) is 32.0 Å². The van der Waals surface area contributed by atoms with Crippen molar-refractivity contribution in [3.63, 3.8) is 0 Å². The van der Waals surface area contributed by atoms with Gasteiger partial charge in [-0.1, -0.05) is 11.2 Å². The lowest BCUT2D eigenvalue weighted by Gasteiger charge is -2.30. The van der Waals surface area contributed by atoms with Gasteiger partial charge >= 0.3 is 0 Å². The minimum absolute atomic E-state index is 0. The molecule has 1 aliphatic rings. The fraction of sp³-hybridized carbons (Fsp3) is 0.375. The Bertz CT molecular complexity index is 953. The molecule has 25 heavy (non-hydrogen) atoms. The summed E-state index contributed by atoms with van der Waals surface area (Å²) in [6, 6.07) is 3.76. The highest BCUT2D eigenvalue weighted by Gasteiger charge is 2.26. The van der Waals surface area contributed by atoms with Crippen LogP contribution in [-0.4, -0.2) is 51.1 Å². The summed E-state index contributed by atoms with van der Waals surface area (Å²) < 4.78 is 6.85. The molecule has 0 spiro atoms. The van der Waals surface area contributed by atoms with Crippen molar-refractivity contribution in [2.75, 3.05) is 26.7 Å². The third kappa shape index (κ3) is 3.15. The summed E-state index contributed by atoms with van der Waals surface area (Å²) >= 11 is 0. The molecule has 3 aromatic rings. The lowest BCUT2D eigenvalue weighted by atomic mass is 10.2. The third-order valence-electron chi connectivity index (χ3n) is 4.33. The second-order valence-electron chi connectivity index (χ2n) is 6.07. The molecule has 0 bridgehead atoms. The predicted molar refractivity (Wildman–Crippen MR) is 95.0 cm³/mol. The number of halogens is 1. The Labute approximate surface area is 150 Å². The van der Waals surface area contributed by atoms with Gasteiger partial charge in [0.15, 0.2) is 5.82 Å². The van der Waals surface area contributed by atoms with E-state index in [1.807, 2.05) is 26.1 Å². The van der Waals surface area contributed by atoms with Crippen LogP contribution in [0.2, 0.25) is 0 Å². The smallest absolute Gasteiger partial charge is 0.270 e. The van der Waals surface area contributed by atoms with Crippen LogP contribution >= 0.6 is 12.4 Å². The molecule has 0 aliphatic carbocycles. The molecule has 1 saturated heterocycles. The average Bonchev–Trinajstić information content (AvgIpc) is 3.06. The molecule has 1 fully saturated rings. The normalized spacial score (nSPS) is 18.2. The van der Waals surface area contributed by atoms with Crippen molar-refractivity contribution >= 4 is 18.1 Å². The highest BCUT2D eigenvalue weighted by molar-refractivity contribution is 5.85. The number of pyridine rings is 1. The van der Waals surface area contributed by atoms with Gasteiger partial charge in [0.05, 0.1) is 6.04 Å². The van der Waals surface area contributed by atoms with Crippen molar-refractivity contribution in [2.24, 2.45) is 0 Å². The van der Waals surface area contributed by atoms with Gasteiger partial charge in [0.2, 0.25) is 0 Å². The van der Waals surface area contributed by atoms with Crippen molar-refractivity contribution in [1.82, 2.24) is 29.7 Å². The highest BCUT2D eigenvalue weighted by atomic mass is 35.5. The Hall–Kier alpha value is -2.29. The highest BCUT2D eigenvalue weighted by Crippen LogP contribution is 2.21. The van der Waals surface area contributed by atoms with Crippen LogP contribution in [0.15, 0.2) is 33.8 Å². The lowest BCUT2D eigenvalue weighted by Crippen LogP contribution is -2.44. The number of hydrogen-bond acceptors (Lipinski definition) is 7. The van der Waals surface area contributed by atoms with E-state index in [1.165, 1.54) is 10.6 Å². The summed E-state index contributed by atoms with van der Waals surface area (Å²) in [4.78, 5) is 23.6. The Kier molecular flexibility index (Phi) is 4.85. The number of aromatic nitrogens is 4. The summed E-state index contributed by atoms with van der Waals surface area (Å²) in [5.74, 6) is 0.783. The molecule has 0 amide bonds. The van der Waals surface area contributed by atoms with Crippen molar-refractivity contribution in [1.29, 1.82) is 0 Å². The van der Waals surface area contributed by atoms with E-state index in [0.29, 0.717) is 17.0 Å². The predicted octanol–water partition coefficient (Wildman–Crippen LogP) is 1.05. The first kappa shape index (κ1) is 17.5. The molecule has 1 N–H and O–H groups in total. The van der Waals surface area contributed by atoms with E-state index < -0.39 is 0 Å². The number of likely N-dealkylation sites (N-methyl/N-ethyl adjacent to an activating group) is 1. The second kappa shape index (κ2) is 6.91. The van der Waals surface area contributed by atoms with Gasteiger partial charge in [-0.25, -0.2) is 4.98 Å². The fourth-order valence-corrected chi connectivity index (χ4v) is 2.90. The molecule has 1 aliphatic heterocycles. The molecule has 9 heteroatoms. The SMILES string of the molecule is Cc1ccc2ncc(-c3nc(C4CNCCN4C)no3)c(=O)n2c1.Cl. The number of aryl methyl sites for hydroxylation is 1. The fourth-order valence-electron chi connectivity index (χ4n) is 2.90. The summed E-state index contributed by atoms with van der Waals surface area (Å²) in [7, 11) is 2.02. The maximum atomic E-state index is 12.7. The molecular formula is C16H19ClN6O2. The van der Waals surface area contributed by atoms with Crippen molar-refractivity contribution in [2.45, 2.75) is 13.0 Å². The number of hydrogen-bond donors (Lipinski definition) is 1. The summed E-state index contributed by atoms with van der Waals surface area (Å²) in [6.07, 6.45) is 3.25. The molecule has 1 unspecified atom stereocenters. The van der Waals surface area contributed by atoms with Gasteiger partial charge in [0.25, 0.3) is 11.4 Å². The van der Waals surface area contributed by atoms with E-state index in [0.717, 1.165) is 25.2 Å². The van der Waals surface area contributed by atoms with Gasteiger partial charge in [-0.15, -0.1) is 12.4 Å². The standard InChI is InChI=1S/C16H18N6O2.ClH/c1-10-3-4-13-18-7-11(16(23)22(13)9-10)15-19-14(20-24-15)12-8-17-5-6-21(12)2;/h3-4,7,9,12,17H,5-6,8H2,1-2H3;1H. The number of rotatable bonds is 2. The van der Waals surface area contributed by atoms with E-state index in [1.54, 1.807) is 6.20 Å². The number of piperazine rings is 1. The monoisotopic (exact) mass is 362 g/mol. The second-order valence-corrected chi connectivity index (χ2v) is 6.07. The lowest BCUT2D eigenvalue weighted by molar-refractivity contribution is 0.190. The molecule has 3 aromatic heterocycles. The van der Waals surface area contributed by atoms with E-state index in [-0.39, 0.29) is 29.9 Å². The topological polar surface area (TPSA) is 88.6 Å². The van der Waals surface area contributed by atoms with Crippen LogP contribution in [0.3, 0.4) is 0 Å². The van der Waals surface area contributed by atoms with E-state index in [9.17, 15) is 4.79 Å². The van der Waals surface area contributed by atoms with Gasteiger partial charge in [-0.2, -0.15) is 4.98 Å². The first-order valence-electron chi connectivity index (χ1n) is 7.86. The van der Waals surface area contributed by atoms with E-state index in [2.05, 4.69) is 25.3 Å². The molecule has 0 aromatic carbocycles. The van der Waals surface area contributed by atoms with Crippen LogP contribution in [-0.2, 0) is 0 Å². The Morgan fingerprint density at radius 2 is 2.20 bits per heavy atom. The molecule has 4 heterocycles. The van der Waals surface area contributed by atoms with Crippen LogP contribution < -0.4 is 10.9 Å². The Morgan fingerprint density at radius 1 is 1.36 bits per heavy atom. The van der Waals surface area contributed by atoms with E-state index in [4.69, 9.17) is 4.52 Å². The molecule has 1 atom stereocenters. The largest absolute Gasteiger partial charge is 0.334 e. The van der Waals surface area contributed by atoms with Crippen LogP contribution in [0.1, 0.15) is 17.4 Å². The van der Waals surface area contributed by atoms with Crippen molar-refractivity contribution in [3.05, 3.63) is 46.3 Å². The summed E-state index contributed by atoms with van der Waals surface area (Å²) in [6.45, 7) is 4.53. The van der Waals surface area contributed by atoms with Gasteiger partial charge < -0.3 is 9.84 Å². The maximum Gasteiger partial charge on any atom is 0.270 e. The number of nitrogens with one attached hydrogen (secondary N) is 1. The van der Waals surface area contributed by atoms with Gasteiger partial charge in [-0.05, 0) is 25.6 Å². The van der Waals surface area contributed by atoms with E-state index >= 15 is 0 Å². The average molecular weight is 363 g/mol. The molecular weight excluding hydrogens is 344 g/mol. The minimum atomic E-state index is -0.214. The zero-order valence-corrected chi connectivity index (χ0v) is 14.8. The van der Waals surface area contributed by atoms with Crippen LogP contribution in [0, 0.1) is 6.92 Å². The van der Waals surface area contributed by atoms with Crippen LogP contribution in [0.5, 0.6) is 0 Å². The minimum Gasteiger partial charge on any atom is -0.334 e. The molecule has 0 saturated carbocycles. The Balaban J connectivity index is 0.00000182. The molecule has 0 radical (unpaired) electrons. The molecule has 132 valence electrons. The van der Waals surface area contributed by atoms with Gasteiger partial charge in [-0.3, -0.25) is 14.1 Å². The summed E-state index contributed by atoms with van der Waals surface area (Å²) in [5, 5.41) is 7.37. The Morgan fingerprint density at radius 3 is 3.00 bits per heavy atom. The number of fused-ring (bicyclic) bond motifs is 1. The first-order chi connectivity index (χ1) is 11.6. The quantitative estimate of drug-likeness (QED) is 0.728. The first-order valence-corrected chi connectivity index (χ1v) is 7.86. The van der Waals surface area contributed by atoms with Crippen molar-refractivity contribution < 1.29 is 4.52 Å². The number of nitrogens with zero attached hydrogens (tertiary/aromatic N) is 5. The zero-order chi connectivity index (χ0) is 16.7.